The van der Waals surface area contributed by atoms with Crippen molar-refractivity contribution in [3.63, 3.8) is 0 Å². The fourth-order valence-corrected chi connectivity index (χ4v) is 2.09. The molecule has 2 rings (SSSR count). The van der Waals surface area contributed by atoms with Crippen molar-refractivity contribution >= 4 is 11.8 Å². The SMILES string of the molecule is CN(C(=O)OC1(C)CCNCC1)c1ccccc1. The van der Waals surface area contributed by atoms with E-state index in [2.05, 4.69) is 5.32 Å². The first-order valence-electron chi connectivity index (χ1n) is 6.33. The summed E-state index contributed by atoms with van der Waals surface area (Å²) in [4.78, 5) is 13.6. The Bertz CT molecular complexity index is 400. The zero-order valence-electron chi connectivity index (χ0n) is 11.0. The van der Waals surface area contributed by atoms with Gasteiger partial charge in [0, 0.05) is 12.7 Å². The van der Waals surface area contributed by atoms with E-state index in [0.717, 1.165) is 31.6 Å². The molecule has 0 atom stereocenters. The van der Waals surface area contributed by atoms with Gasteiger partial charge in [-0.25, -0.2) is 4.79 Å². The van der Waals surface area contributed by atoms with E-state index in [1.807, 2.05) is 37.3 Å². The van der Waals surface area contributed by atoms with E-state index in [4.69, 9.17) is 4.74 Å². The number of rotatable bonds is 2. The zero-order chi connectivity index (χ0) is 13.0. The fraction of sp³-hybridized carbons (Fsp3) is 0.500. The van der Waals surface area contributed by atoms with E-state index in [1.54, 1.807) is 11.9 Å². The van der Waals surface area contributed by atoms with E-state index in [0.29, 0.717) is 0 Å². The van der Waals surface area contributed by atoms with Gasteiger partial charge in [-0.15, -0.1) is 0 Å². The first kappa shape index (κ1) is 12.9. The molecule has 1 N–H and O–H groups in total. The van der Waals surface area contributed by atoms with Gasteiger partial charge in [-0.1, -0.05) is 18.2 Å². The molecule has 1 heterocycles. The van der Waals surface area contributed by atoms with Crippen LogP contribution in [0, 0.1) is 0 Å². The Kier molecular flexibility index (Phi) is 3.87. The van der Waals surface area contributed by atoms with Gasteiger partial charge in [-0.3, -0.25) is 4.90 Å². The van der Waals surface area contributed by atoms with Crippen LogP contribution in [0.25, 0.3) is 0 Å². The second-order valence-electron chi connectivity index (χ2n) is 4.96. The molecule has 0 aromatic heterocycles. The maximum absolute atomic E-state index is 12.1. The van der Waals surface area contributed by atoms with Crippen LogP contribution < -0.4 is 10.2 Å². The standard InChI is InChI=1S/C14H20N2O2/c1-14(8-10-15-11-9-14)18-13(17)16(2)12-6-4-3-5-7-12/h3-7,15H,8-11H2,1-2H3. The second-order valence-corrected chi connectivity index (χ2v) is 4.96. The topological polar surface area (TPSA) is 41.6 Å². The van der Waals surface area contributed by atoms with Crippen molar-refractivity contribution in [1.29, 1.82) is 0 Å². The third kappa shape index (κ3) is 3.01. The van der Waals surface area contributed by atoms with Crippen LogP contribution in [0.2, 0.25) is 0 Å². The molecule has 1 saturated heterocycles. The minimum absolute atomic E-state index is 0.286. The Morgan fingerprint density at radius 2 is 1.89 bits per heavy atom. The summed E-state index contributed by atoms with van der Waals surface area (Å²) in [6, 6.07) is 9.53. The molecule has 0 saturated carbocycles. The molecule has 0 radical (unpaired) electrons. The highest BCUT2D eigenvalue weighted by atomic mass is 16.6. The number of nitrogens with zero attached hydrogens (tertiary/aromatic N) is 1. The van der Waals surface area contributed by atoms with Gasteiger partial charge < -0.3 is 10.1 Å². The molecular weight excluding hydrogens is 228 g/mol. The second kappa shape index (κ2) is 5.40. The lowest BCUT2D eigenvalue weighted by atomic mass is 9.95. The molecule has 98 valence electrons. The van der Waals surface area contributed by atoms with Gasteiger partial charge in [0.1, 0.15) is 5.60 Å². The van der Waals surface area contributed by atoms with Crippen LogP contribution >= 0.6 is 0 Å². The van der Waals surface area contributed by atoms with Gasteiger partial charge in [0.2, 0.25) is 0 Å². The zero-order valence-corrected chi connectivity index (χ0v) is 11.0. The summed E-state index contributed by atoms with van der Waals surface area (Å²) in [6.07, 6.45) is 1.44. The number of hydrogen-bond donors (Lipinski definition) is 1. The Morgan fingerprint density at radius 1 is 1.28 bits per heavy atom. The number of carbonyl (C=O) groups is 1. The van der Waals surface area contributed by atoms with Gasteiger partial charge in [0.15, 0.2) is 0 Å². The number of benzene rings is 1. The highest BCUT2D eigenvalue weighted by Crippen LogP contribution is 2.24. The van der Waals surface area contributed by atoms with Crippen molar-refractivity contribution in [3.8, 4) is 0 Å². The molecule has 4 nitrogen and oxygen atoms in total. The summed E-state index contributed by atoms with van der Waals surface area (Å²) in [5.74, 6) is 0. The van der Waals surface area contributed by atoms with Crippen LogP contribution in [0.5, 0.6) is 0 Å². The average Bonchev–Trinajstić information content (AvgIpc) is 2.39. The van der Waals surface area contributed by atoms with Crippen molar-refractivity contribution in [3.05, 3.63) is 30.3 Å². The molecule has 1 aromatic carbocycles. The molecule has 1 amide bonds. The molecule has 1 aliphatic heterocycles. The quantitative estimate of drug-likeness (QED) is 0.873. The van der Waals surface area contributed by atoms with E-state index in [9.17, 15) is 4.79 Å². The summed E-state index contributed by atoms with van der Waals surface area (Å²) in [6.45, 7) is 3.81. The molecule has 4 heteroatoms. The summed E-state index contributed by atoms with van der Waals surface area (Å²) in [5, 5.41) is 3.27. The number of anilines is 1. The van der Waals surface area contributed by atoms with Crippen LogP contribution in [0.4, 0.5) is 10.5 Å². The largest absolute Gasteiger partial charge is 0.443 e. The Balaban J connectivity index is 1.99. The lowest BCUT2D eigenvalue weighted by Crippen LogP contribution is -2.45. The smallest absolute Gasteiger partial charge is 0.414 e. The fourth-order valence-electron chi connectivity index (χ4n) is 2.09. The molecular formula is C14H20N2O2. The molecule has 18 heavy (non-hydrogen) atoms. The summed E-state index contributed by atoms with van der Waals surface area (Å²) in [5.41, 5.74) is 0.505. The Hall–Kier alpha value is -1.55. The molecule has 0 unspecified atom stereocenters. The Labute approximate surface area is 108 Å². The van der Waals surface area contributed by atoms with E-state index in [-0.39, 0.29) is 11.7 Å². The van der Waals surface area contributed by atoms with Gasteiger partial charge >= 0.3 is 6.09 Å². The summed E-state index contributed by atoms with van der Waals surface area (Å²) in [7, 11) is 1.74. The van der Waals surface area contributed by atoms with Crippen molar-refractivity contribution in [2.24, 2.45) is 0 Å². The van der Waals surface area contributed by atoms with Gasteiger partial charge in [0.05, 0.1) is 0 Å². The molecule has 1 fully saturated rings. The van der Waals surface area contributed by atoms with Crippen LogP contribution in [0.1, 0.15) is 19.8 Å². The number of para-hydroxylation sites is 1. The minimum atomic E-state index is -0.342. The van der Waals surface area contributed by atoms with Crippen molar-refractivity contribution in [1.82, 2.24) is 5.32 Å². The van der Waals surface area contributed by atoms with Gasteiger partial charge in [-0.2, -0.15) is 0 Å². The first-order chi connectivity index (χ1) is 8.61. The number of carbonyl (C=O) groups excluding carboxylic acids is 1. The molecule has 1 aliphatic rings. The summed E-state index contributed by atoms with van der Waals surface area (Å²) >= 11 is 0. The average molecular weight is 248 g/mol. The van der Waals surface area contributed by atoms with Gasteiger partial charge in [0.25, 0.3) is 0 Å². The molecule has 1 aromatic rings. The highest BCUT2D eigenvalue weighted by Gasteiger charge is 2.32. The lowest BCUT2D eigenvalue weighted by Gasteiger charge is -2.35. The molecule has 0 aliphatic carbocycles. The van der Waals surface area contributed by atoms with E-state index >= 15 is 0 Å². The van der Waals surface area contributed by atoms with Crippen LogP contribution in [0.3, 0.4) is 0 Å². The maximum atomic E-state index is 12.1. The number of ether oxygens (including phenoxy) is 1. The van der Waals surface area contributed by atoms with Crippen LogP contribution in [-0.2, 0) is 4.74 Å². The maximum Gasteiger partial charge on any atom is 0.414 e. The van der Waals surface area contributed by atoms with E-state index < -0.39 is 0 Å². The normalized spacial score (nSPS) is 18.1. The summed E-state index contributed by atoms with van der Waals surface area (Å²) < 4.78 is 5.64. The molecule has 0 bridgehead atoms. The van der Waals surface area contributed by atoms with Crippen molar-refractivity contribution in [2.45, 2.75) is 25.4 Å². The van der Waals surface area contributed by atoms with Crippen LogP contribution in [-0.4, -0.2) is 31.8 Å². The van der Waals surface area contributed by atoms with Crippen molar-refractivity contribution < 1.29 is 9.53 Å². The predicted molar refractivity (Wildman–Crippen MR) is 71.8 cm³/mol. The Morgan fingerprint density at radius 3 is 2.50 bits per heavy atom. The lowest BCUT2D eigenvalue weighted by molar-refractivity contribution is 0.00752. The molecule has 0 spiro atoms. The monoisotopic (exact) mass is 248 g/mol. The number of piperidine rings is 1. The number of nitrogens with one attached hydrogen (secondary N) is 1. The third-order valence-corrected chi connectivity index (χ3v) is 3.41. The number of amides is 1. The minimum Gasteiger partial charge on any atom is -0.443 e. The van der Waals surface area contributed by atoms with Crippen molar-refractivity contribution in [2.75, 3.05) is 25.0 Å². The highest BCUT2D eigenvalue weighted by molar-refractivity contribution is 5.87. The predicted octanol–water partition coefficient (Wildman–Crippen LogP) is 2.40. The first-order valence-corrected chi connectivity index (χ1v) is 6.33. The number of hydrogen-bond acceptors (Lipinski definition) is 3. The van der Waals surface area contributed by atoms with Crippen LogP contribution in [0.15, 0.2) is 30.3 Å². The van der Waals surface area contributed by atoms with Gasteiger partial charge in [-0.05, 0) is 45.0 Å². The van der Waals surface area contributed by atoms with E-state index in [1.165, 1.54) is 0 Å². The third-order valence-electron chi connectivity index (χ3n) is 3.41.